The number of hydrogen-bond donors (Lipinski definition) is 0. The van der Waals surface area contributed by atoms with E-state index in [1.54, 1.807) is 10.4 Å². The first-order valence-electron chi connectivity index (χ1n) is 9.98. The third kappa shape index (κ3) is 3.93. The summed E-state index contributed by atoms with van der Waals surface area (Å²) in [6, 6.07) is 44.9. The fraction of sp³-hybridized carbons (Fsp3) is 0.0769. The molecule has 0 saturated heterocycles. The van der Waals surface area contributed by atoms with Crippen LogP contribution in [0.1, 0.15) is 0 Å². The summed E-state index contributed by atoms with van der Waals surface area (Å²) in [5.41, 5.74) is 1.29. The number of rotatable bonds is 6. The highest BCUT2D eigenvalue weighted by atomic mass is 28.4. The van der Waals surface area contributed by atoms with E-state index in [1.807, 2.05) is 0 Å². The van der Waals surface area contributed by atoms with E-state index in [1.165, 1.54) is 16.0 Å². The molecule has 0 radical (unpaired) electrons. The number of hydrogen-bond acceptors (Lipinski definition) is 0. The highest BCUT2D eigenvalue weighted by Gasteiger charge is 2.36. The zero-order valence-corrected chi connectivity index (χ0v) is 18.5. The van der Waals surface area contributed by atoms with Crippen molar-refractivity contribution in [2.75, 3.05) is 0 Å². The molecule has 0 nitrogen and oxygen atoms in total. The van der Waals surface area contributed by atoms with Gasteiger partial charge >= 0.3 is 0 Å². The molecule has 0 aliphatic rings. The van der Waals surface area contributed by atoms with Crippen molar-refractivity contribution < 1.29 is 0 Å². The summed E-state index contributed by atoms with van der Waals surface area (Å²) in [4.78, 5) is 0. The second kappa shape index (κ2) is 8.55. The Bertz CT molecular complexity index is 905. The van der Waals surface area contributed by atoms with Crippen LogP contribution in [0.2, 0.25) is 12.2 Å². The maximum Gasteiger partial charge on any atom is 0.113 e. The third-order valence-corrected chi connectivity index (χ3v) is 16.3. The maximum atomic E-state index is 2.56. The second-order valence-electron chi connectivity index (χ2n) is 7.64. The molecule has 0 heterocycles. The second-order valence-corrected chi connectivity index (χ2v) is 15.5. The summed E-state index contributed by atoms with van der Waals surface area (Å²) in [7, 11) is -3.22. The average Bonchev–Trinajstić information content (AvgIpc) is 2.80. The van der Waals surface area contributed by atoms with Crippen molar-refractivity contribution in [2.24, 2.45) is 0 Å². The molecule has 0 spiro atoms. The molecule has 0 aliphatic carbocycles. The minimum Gasteiger partial charge on any atom is -0.0629 e. The van der Waals surface area contributed by atoms with Crippen molar-refractivity contribution in [2.45, 2.75) is 12.2 Å². The Morgan fingerprint density at radius 1 is 0.500 bits per heavy atom. The molecule has 0 N–H and O–H groups in total. The van der Waals surface area contributed by atoms with Gasteiger partial charge in [0.15, 0.2) is 0 Å². The summed E-state index contributed by atoms with van der Waals surface area (Å²) in [6.07, 6.45) is 0. The molecular formula is C26H26Si2. The first-order chi connectivity index (χ1) is 13.8. The SMILES string of the molecule is C[Si](C[SiH](c1ccccc1)c1ccccc1)(c1ccccc1)c1ccccc1. The van der Waals surface area contributed by atoms with Gasteiger partial charge in [-0.2, -0.15) is 0 Å². The van der Waals surface area contributed by atoms with Crippen LogP contribution in [0.3, 0.4) is 0 Å². The van der Waals surface area contributed by atoms with Crippen LogP contribution >= 0.6 is 0 Å². The monoisotopic (exact) mass is 394 g/mol. The summed E-state index contributed by atoms with van der Waals surface area (Å²) < 4.78 is 0. The Labute approximate surface area is 171 Å². The fourth-order valence-electron chi connectivity index (χ4n) is 4.22. The van der Waals surface area contributed by atoms with E-state index in [4.69, 9.17) is 0 Å². The van der Waals surface area contributed by atoms with Gasteiger partial charge in [0, 0.05) is 0 Å². The molecule has 4 aromatic carbocycles. The van der Waals surface area contributed by atoms with Gasteiger partial charge in [-0.05, 0) is 5.67 Å². The topological polar surface area (TPSA) is 0 Å². The van der Waals surface area contributed by atoms with Crippen molar-refractivity contribution in [1.82, 2.24) is 0 Å². The zero-order chi connectivity index (χ0) is 19.2. The normalized spacial score (nSPS) is 11.5. The van der Waals surface area contributed by atoms with E-state index in [0.29, 0.717) is 0 Å². The van der Waals surface area contributed by atoms with E-state index in [2.05, 4.69) is 128 Å². The van der Waals surface area contributed by atoms with E-state index in [9.17, 15) is 0 Å². The standard InChI is InChI=1S/C26H26Si2/c1-28(25-18-10-4-11-19-25,26-20-12-5-13-21-26)22-27(23-14-6-2-7-15-23)24-16-8-3-9-17-24/h2-21,27H,22H2,1H3. The zero-order valence-electron chi connectivity index (χ0n) is 16.3. The van der Waals surface area contributed by atoms with Crippen LogP contribution in [-0.4, -0.2) is 16.9 Å². The van der Waals surface area contributed by atoms with E-state index in [0.717, 1.165) is 0 Å². The van der Waals surface area contributed by atoms with Gasteiger partial charge in [-0.25, -0.2) is 0 Å². The van der Waals surface area contributed by atoms with Gasteiger partial charge < -0.3 is 0 Å². The predicted octanol–water partition coefficient (Wildman–Crippen LogP) is 3.46. The van der Waals surface area contributed by atoms with E-state index in [-0.39, 0.29) is 0 Å². The number of benzene rings is 4. The molecule has 0 aliphatic heterocycles. The summed E-state index contributed by atoms with van der Waals surface area (Å²) >= 11 is 0. The quantitative estimate of drug-likeness (QED) is 0.439. The minimum absolute atomic E-state index is 1.29. The highest BCUT2D eigenvalue weighted by Crippen LogP contribution is 2.14. The highest BCUT2D eigenvalue weighted by molar-refractivity contribution is 7.10. The largest absolute Gasteiger partial charge is 0.113 e. The van der Waals surface area contributed by atoms with Crippen molar-refractivity contribution >= 4 is 37.6 Å². The molecule has 4 aromatic rings. The molecule has 0 fully saturated rings. The van der Waals surface area contributed by atoms with Crippen LogP contribution < -0.4 is 20.7 Å². The molecule has 138 valence electrons. The Morgan fingerprint density at radius 3 is 1.18 bits per heavy atom. The van der Waals surface area contributed by atoms with E-state index < -0.39 is 16.9 Å². The Morgan fingerprint density at radius 2 is 0.821 bits per heavy atom. The minimum atomic E-state index is -1.87. The third-order valence-electron chi connectivity index (χ3n) is 5.84. The van der Waals surface area contributed by atoms with Crippen LogP contribution in [0.5, 0.6) is 0 Å². The lowest BCUT2D eigenvalue weighted by Gasteiger charge is -2.33. The van der Waals surface area contributed by atoms with Crippen molar-refractivity contribution in [3.8, 4) is 0 Å². The molecule has 0 bridgehead atoms. The van der Waals surface area contributed by atoms with Crippen molar-refractivity contribution in [3.63, 3.8) is 0 Å². The first kappa shape index (κ1) is 18.7. The summed E-state index contributed by atoms with van der Waals surface area (Å²) in [6.45, 7) is 2.56. The lowest BCUT2D eigenvalue weighted by molar-refractivity contribution is 1.61. The van der Waals surface area contributed by atoms with E-state index >= 15 is 0 Å². The van der Waals surface area contributed by atoms with Gasteiger partial charge in [0.2, 0.25) is 0 Å². The van der Waals surface area contributed by atoms with Crippen LogP contribution in [0.15, 0.2) is 121 Å². The summed E-state index contributed by atoms with van der Waals surface area (Å²) in [5.74, 6) is 0. The Hall–Kier alpha value is -2.69. The Balaban J connectivity index is 1.84. The van der Waals surface area contributed by atoms with Gasteiger partial charge in [0.25, 0.3) is 0 Å². The predicted molar refractivity (Wildman–Crippen MR) is 128 cm³/mol. The molecule has 0 amide bonds. The fourth-order valence-corrected chi connectivity index (χ4v) is 15.2. The first-order valence-corrected chi connectivity index (χ1v) is 14.7. The van der Waals surface area contributed by atoms with Crippen molar-refractivity contribution in [3.05, 3.63) is 121 Å². The van der Waals surface area contributed by atoms with Gasteiger partial charge in [-0.15, -0.1) is 0 Å². The lowest BCUT2D eigenvalue weighted by atomic mass is 10.4. The maximum absolute atomic E-state index is 2.56. The van der Waals surface area contributed by atoms with Gasteiger partial charge in [0.05, 0.1) is 0 Å². The molecule has 28 heavy (non-hydrogen) atoms. The van der Waals surface area contributed by atoms with Gasteiger partial charge in [-0.1, -0.05) is 149 Å². The van der Waals surface area contributed by atoms with Gasteiger partial charge in [-0.3, -0.25) is 0 Å². The van der Waals surface area contributed by atoms with Crippen LogP contribution in [0, 0.1) is 0 Å². The van der Waals surface area contributed by atoms with Crippen LogP contribution in [0.4, 0.5) is 0 Å². The molecule has 0 atom stereocenters. The van der Waals surface area contributed by atoms with Crippen LogP contribution in [0.25, 0.3) is 0 Å². The molecule has 0 unspecified atom stereocenters. The Kier molecular flexibility index (Phi) is 5.70. The molecule has 2 heteroatoms. The molecule has 0 saturated carbocycles. The van der Waals surface area contributed by atoms with Crippen LogP contribution in [-0.2, 0) is 0 Å². The molecular weight excluding hydrogens is 368 g/mol. The van der Waals surface area contributed by atoms with Crippen molar-refractivity contribution in [1.29, 1.82) is 0 Å². The molecule has 4 rings (SSSR count). The summed E-state index contributed by atoms with van der Waals surface area (Å²) in [5, 5.41) is 6.15. The average molecular weight is 395 g/mol. The molecule has 0 aromatic heterocycles. The van der Waals surface area contributed by atoms with Gasteiger partial charge in [0.1, 0.15) is 16.9 Å². The smallest absolute Gasteiger partial charge is 0.0629 e. The lowest BCUT2D eigenvalue weighted by Crippen LogP contribution is -2.61.